The number of thiophene rings is 1. The molecule has 0 saturated carbocycles. The lowest BCUT2D eigenvalue weighted by Crippen LogP contribution is -2.46. The van der Waals surface area contributed by atoms with Crippen LogP contribution in [0.2, 0.25) is 0 Å². The third kappa shape index (κ3) is 4.19. The Bertz CT molecular complexity index is 1340. The number of furan rings is 1. The molecule has 0 aliphatic carbocycles. The van der Waals surface area contributed by atoms with Crippen LogP contribution in [0.5, 0.6) is 0 Å². The van der Waals surface area contributed by atoms with Crippen LogP contribution in [-0.4, -0.2) is 53.5 Å². The summed E-state index contributed by atoms with van der Waals surface area (Å²) in [7, 11) is 0. The molecule has 1 N–H and O–H groups in total. The van der Waals surface area contributed by atoms with Crippen molar-refractivity contribution in [3.63, 3.8) is 0 Å². The van der Waals surface area contributed by atoms with E-state index in [1.54, 1.807) is 6.26 Å². The summed E-state index contributed by atoms with van der Waals surface area (Å²) in [6.07, 6.45) is 1.61. The highest BCUT2D eigenvalue weighted by Crippen LogP contribution is 2.34. The van der Waals surface area contributed by atoms with E-state index < -0.39 is 0 Å². The van der Waals surface area contributed by atoms with Crippen molar-refractivity contribution in [2.45, 2.75) is 27.7 Å². The molecule has 1 aliphatic heterocycles. The Kier molecular flexibility index (Phi) is 6.10. The van der Waals surface area contributed by atoms with Gasteiger partial charge in [-0.15, -0.1) is 11.3 Å². The fourth-order valence-corrected chi connectivity index (χ4v) is 5.78. The van der Waals surface area contributed by atoms with Gasteiger partial charge in [-0.2, -0.15) is 0 Å². The predicted molar refractivity (Wildman–Crippen MR) is 138 cm³/mol. The molecular weight excluding hydrogens is 446 g/mol. The minimum absolute atomic E-state index is 0.122. The zero-order valence-electron chi connectivity index (χ0n) is 20.0. The van der Waals surface area contributed by atoms with Gasteiger partial charge in [0.15, 0.2) is 11.6 Å². The number of piperazine rings is 1. The second-order valence-electron chi connectivity index (χ2n) is 8.72. The first-order valence-corrected chi connectivity index (χ1v) is 12.5. The number of anilines is 2. The molecule has 1 saturated heterocycles. The zero-order valence-corrected chi connectivity index (χ0v) is 20.8. The standard InChI is InChI=1S/C26H29N5O2S/c1-5-30-10-12-31(13-11-30)20-9-8-19(15-16(20)2)28-25(32)23-17(3)22-18(4)27-24(29-26(22)34-23)21-7-6-14-33-21/h6-9,14-15H,5,10-13H2,1-4H3,(H,28,32). The highest BCUT2D eigenvalue weighted by molar-refractivity contribution is 7.20. The molecule has 0 unspecified atom stereocenters. The first kappa shape index (κ1) is 22.6. The van der Waals surface area contributed by atoms with Crippen molar-refractivity contribution < 1.29 is 9.21 Å². The Morgan fingerprint density at radius 3 is 2.59 bits per heavy atom. The maximum absolute atomic E-state index is 13.2. The van der Waals surface area contributed by atoms with Crippen LogP contribution in [0.3, 0.4) is 0 Å². The molecule has 8 heteroatoms. The minimum atomic E-state index is -0.122. The summed E-state index contributed by atoms with van der Waals surface area (Å²) in [6, 6.07) is 9.83. The highest BCUT2D eigenvalue weighted by Gasteiger charge is 2.21. The third-order valence-corrected chi connectivity index (χ3v) is 7.72. The molecule has 4 aromatic rings. The van der Waals surface area contributed by atoms with Crippen molar-refractivity contribution in [3.8, 4) is 11.6 Å². The zero-order chi connectivity index (χ0) is 23.8. The molecular formula is C26H29N5O2S. The maximum atomic E-state index is 13.2. The van der Waals surface area contributed by atoms with Gasteiger partial charge in [0.1, 0.15) is 4.83 Å². The lowest BCUT2D eigenvalue weighted by Gasteiger charge is -2.36. The summed E-state index contributed by atoms with van der Waals surface area (Å²) >= 11 is 1.39. The van der Waals surface area contributed by atoms with Crippen molar-refractivity contribution in [2.75, 3.05) is 42.9 Å². The summed E-state index contributed by atoms with van der Waals surface area (Å²) in [6.45, 7) is 13.6. The average molecular weight is 476 g/mol. The molecule has 0 bridgehead atoms. The van der Waals surface area contributed by atoms with E-state index in [2.05, 4.69) is 51.1 Å². The largest absolute Gasteiger partial charge is 0.461 e. The number of fused-ring (bicyclic) bond motifs is 1. The summed E-state index contributed by atoms with van der Waals surface area (Å²) in [5, 5.41) is 4.02. The van der Waals surface area contributed by atoms with E-state index in [1.807, 2.05) is 32.0 Å². The van der Waals surface area contributed by atoms with Crippen LogP contribution in [0, 0.1) is 20.8 Å². The number of rotatable bonds is 5. The Labute approximate surface area is 203 Å². The number of nitrogens with one attached hydrogen (secondary N) is 1. The van der Waals surface area contributed by atoms with Gasteiger partial charge in [-0.25, -0.2) is 9.97 Å². The van der Waals surface area contributed by atoms with Crippen molar-refractivity contribution in [1.29, 1.82) is 0 Å². The first-order valence-electron chi connectivity index (χ1n) is 11.7. The van der Waals surface area contributed by atoms with Gasteiger partial charge in [-0.1, -0.05) is 6.92 Å². The molecule has 1 amide bonds. The average Bonchev–Trinajstić information content (AvgIpc) is 3.48. The maximum Gasteiger partial charge on any atom is 0.266 e. The van der Waals surface area contributed by atoms with E-state index in [-0.39, 0.29) is 5.91 Å². The molecule has 0 radical (unpaired) electrons. The summed E-state index contributed by atoms with van der Waals surface area (Å²) in [5.74, 6) is 1.03. The van der Waals surface area contributed by atoms with Gasteiger partial charge in [0.2, 0.25) is 0 Å². The van der Waals surface area contributed by atoms with Crippen molar-refractivity contribution in [3.05, 3.63) is 58.3 Å². The molecule has 5 rings (SSSR count). The van der Waals surface area contributed by atoms with E-state index in [4.69, 9.17) is 4.42 Å². The monoisotopic (exact) mass is 475 g/mol. The summed E-state index contributed by atoms with van der Waals surface area (Å²) < 4.78 is 5.46. The van der Waals surface area contributed by atoms with Crippen LogP contribution >= 0.6 is 11.3 Å². The van der Waals surface area contributed by atoms with Crippen molar-refractivity contribution in [2.24, 2.45) is 0 Å². The van der Waals surface area contributed by atoms with Crippen LogP contribution in [0.15, 0.2) is 41.0 Å². The van der Waals surface area contributed by atoms with E-state index in [1.165, 1.54) is 22.6 Å². The van der Waals surface area contributed by atoms with E-state index in [0.29, 0.717) is 16.5 Å². The van der Waals surface area contributed by atoms with Gasteiger partial charge in [0.25, 0.3) is 5.91 Å². The molecule has 7 nitrogen and oxygen atoms in total. The number of hydrogen-bond donors (Lipinski definition) is 1. The van der Waals surface area contributed by atoms with Gasteiger partial charge >= 0.3 is 0 Å². The first-order chi connectivity index (χ1) is 16.4. The summed E-state index contributed by atoms with van der Waals surface area (Å²) in [5.41, 5.74) is 4.95. The normalized spacial score (nSPS) is 14.6. The van der Waals surface area contributed by atoms with Crippen LogP contribution in [0.4, 0.5) is 11.4 Å². The van der Waals surface area contributed by atoms with E-state index >= 15 is 0 Å². The van der Waals surface area contributed by atoms with Crippen molar-refractivity contribution in [1.82, 2.24) is 14.9 Å². The topological polar surface area (TPSA) is 74.5 Å². The van der Waals surface area contributed by atoms with Crippen LogP contribution in [-0.2, 0) is 0 Å². The second-order valence-corrected chi connectivity index (χ2v) is 9.72. The highest BCUT2D eigenvalue weighted by atomic mass is 32.1. The number of likely N-dealkylation sites (N-methyl/N-ethyl adjacent to an activating group) is 1. The van der Waals surface area contributed by atoms with Crippen LogP contribution in [0.1, 0.15) is 33.4 Å². The van der Waals surface area contributed by atoms with Crippen molar-refractivity contribution >= 4 is 38.8 Å². The summed E-state index contributed by atoms with van der Waals surface area (Å²) in [4.78, 5) is 28.8. The molecule has 1 aliphatic rings. The van der Waals surface area contributed by atoms with Crippen LogP contribution < -0.4 is 10.2 Å². The molecule has 0 atom stereocenters. The Hall–Kier alpha value is -3.23. The Morgan fingerprint density at radius 1 is 1.12 bits per heavy atom. The lowest BCUT2D eigenvalue weighted by atomic mass is 10.1. The van der Waals surface area contributed by atoms with Gasteiger partial charge in [-0.05, 0) is 68.8 Å². The number of nitrogens with zero attached hydrogens (tertiary/aromatic N) is 4. The SMILES string of the molecule is CCN1CCN(c2ccc(NC(=O)c3sc4nc(-c5ccco5)nc(C)c4c3C)cc2C)CC1. The third-order valence-electron chi connectivity index (χ3n) is 6.53. The smallest absolute Gasteiger partial charge is 0.266 e. The Morgan fingerprint density at radius 2 is 1.91 bits per heavy atom. The molecule has 1 aromatic carbocycles. The number of hydrogen-bond acceptors (Lipinski definition) is 7. The molecule has 1 fully saturated rings. The lowest BCUT2D eigenvalue weighted by molar-refractivity contribution is 0.103. The molecule has 176 valence electrons. The van der Waals surface area contributed by atoms with Crippen LogP contribution in [0.25, 0.3) is 21.8 Å². The molecule has 34 heavy (non-hydrogen) atoms. The second kappa shape index (κ2) is 9.19. The van der Waals surface area contributed by atoms with Gasteiger partial charge < -0.3 is 19.5 Å². The fourth-order valence-electron chi connectivity index (χ4n) is 4.65. The minimum Gasteiger partial charge on any atom is -0.461 e. The number of benzene rings is 1. The van der Waals surface area contributed by atoms with E-state index in [9.17, 15) is 4.79 Å². The number of aromatic nitrogens is 2. The van der Waals surface area contributed by atoms with Gasteiger partial charge in [0.05, 0.1) is 16.8 Å². The fraction of sp³-hybridized carbons (Fsp3) is 0.346. The molecule has 3 aromatic heterocycles. The molecule has 0 spiro atoms. The molecule has 4 heterocycles. The Balaban J connectivity index is 1.37. The van der Waals surface area contributed by atoms with E-state index in [0.717, 1.165) is 59.9 Å². The number of aryl methyl sites for hydroxylation is 3. The quantitative estimate of drug-likeness (QED) is 0.424. The number of amides is 1. The van der Waals surface area contributed by atoms with Gasteiger partial charge in [0, 0.05) is 42.9 Å². The number of carbonyl (C=O) groups excluding carboxylic acids is 1. The van der Waals surface area contributed by atoms with Gasteiger partial charge in [-0.3, -0.25) is 4.79 Å². The predicted octanol–water partition coefficient (Wildman–Crippen LogP) is 5.27. The number of carbonyl (C=O) groups is 1.